The molecule has 0 spiro atoms. The van der Waals surface area contributed by atoms with Gasteiger partial charge in [-0.2, -0.15) is 0 Å². The molecule has 0 rings (SSSR count). The van der Waals surface area contributed by atoms with Gasteiger partial charge in [-0.15, -0.1) is 0 Å². The zero-order chi connectivity index (χ0) is 9.40. The van der Waals surface area contributed by atoms with Crippen molar-refractivity contribution in [3.63, 3.8) is 0 Å². The molecule has 2 unspecified atom stereocenters. The number of hydrogen-bond acceptors (Lipinski definition) is 0. The van der Waals surface area contributed by atoms with Gasteiger partial charge in [-0.25, -0.2) is 8.78 Å². The molecule has 70 valence electrons. The van der Waals surface area contributed by atoms with E-state index in [9.17, 15) is 13.2 Å². The Kier molecular flexibility index (Phi) is 8.16. The van der Waals surface area contributed by atoms with Crippen LogP contribution >= 0.6 is 0 Å². The van der Waals surface area contributed by atoms with Crippen LogP contribution in [0.15, 0.2) is 0 Å². The first kappa shape index (κ1) is 12.3. The fourth-order valence-electron chi connectivity index (χ4n) is 0.939. The number of unbranched alkanes of at least 4 members (excludes halogenated alkanes) is 2. The molecule has 4 heteroatoms. The first-order valence-corrected chi connectivity index (χ1v) is 5.08. The van der Waals surface area contributed by atoms with Gasteiger partial charge < -0.3 is 0 Å². The molecule has 0 aliphatic carbocycles. The minimum Gasteiger partial charge on any atom is -0.251 e. The van der Waals surface area contributed by atoms with E-state index < -0.39 is 12.3 Å². The summed E-state index contributed by atoms with van der Waals surface area (Å²) in [6.45, 7) is -0.361. The molecular weight excluding hydrogens is 180 g/mol. The smallest absolute Gasteiger partial charge is 0.130 e. The Balaban J connectivity index is 3.24. The lowest BCUT2D eigenvalue weighted by molar-refractivity contribution is 0.169. The topological polar surface area (TPSA) is 0 Å². The molecule has 0 heterocycles. The van der Waals surface area contributed by atoms with Crippen LogP contribution in [0.1, 0.15) is 25.7 Å². The van der Waals surface area contributed by atoms with Gasteiger partial charge in [0.25, 0.3) is 0 Å². The van der Waals surface area contributed by atoms with Crippen LogP contribution in [0.25, 0.3) is 0 Å². The monoisotopic (exact) mass is 194 g/mol. The maximum atomic E-state index is 12.7. The summed E-state index contributed by atoms with van der Waals surface area (Å²) in [6, 6.07) is 0. The summed E-state index contributed by atoms with van der Waals surface area (Å²) >= 11 is 2.17. The summed E-state index contributed by atoms with van der Waals surface area (Å²) in [6.07, 6.45) is -0.834. The SMILES string of the molecule is FCCCCCC(F)C(F)[CH2][Al]. The summed E-state index contributed by atoms with van der Waals surface area (Å²) in [4.78, 5) is 0. The van der Waals surface area contributed by atoms with Crippen molar-refractivity contribution in [3.05, 3.63) is 0 Å². The average Bonchev–Trinajstić information content (AvgIpc) is 2.10. The highest BCUT2D eigenvalue weighted by atomic mass is 27.0. The summed E-state index contributed by atoms with van der Waals surface area (Å²) < 4.78 is 36.9. The lowest BCUT2D eigenvalue weighted by atomic mass is 10.1. The number of rotatable bonds is 7. The van der Waals surface area contributed by atoms with Crippen LogP contribution in [-0.4, -0.2) is 35.3 Å². The zero-order valence-electron chi connectivity index (χ0n) is 7.11. The minimum atomic E-state index is -1.37. The van der Waals surface area contributed by atoms with E-state index in [2.05, 4.69) is 16.3 Å². The van der Waals surface area contributed by atoms with Crippen molar-refractivity contribution in [2.45, 2.75) is 43.3 Å². The summed E-state index contributed by atoms with van der Waals surface area (Å²) in [5, 5.41) is 0.143. The van der Waals surface area contributed by atoms with Gasteiger partial charge in [-0.05, 0) is 12.8 Å². The molecule has 0 aromatic carbocycles. The third-order valence-electron chi connectivity index (χ3n) is 1.73. The van der Waals surface area contributed by atoms with Crippen molar-refractivity contribution in [1.82, 2.24) is 0 Å². The van der Waals surface area contributed by atoms with Gasteiger partial charge in [-0.3, -0.25) is 4.39 Å². The predicted molar refractivity (Wildman–Crippen MR) is 44.8 cm³/mol. The van der Waals surface area contributed by atoms with Crippen LogP contribution in [0.4, 0.5) is 13.2 Å². The second-order valence-electron chi connectivity index (χ2n) is 2.81. The van der Waals surface area contributed by atoms with Gasteiger partial charge in [0.05, 0.1) is 6.67 Å². The normalized spacial score (nSPS) is 15.9. The lowest BCUT2D eigenvalue weighted by Gasteiger charge is -2.11. The van der Waals surface area contributed by atoms with E-state index in [1.807, 2.05) is 0 Å². The lowest BCUT2D eigenvalue weighted by Crippen LogP contribution is -2.16. The Morgan fingerprint density at radius 1 is 1.00 bits per heavy atom. The molecule has 0 aromatic rings. The van der Waals surface area contributed by atoms with Gasteiger partial charge >= 0.3 is 0 Å². The standard InChI is InChI=1S/C8H14F3.Al/c1-7(10)8(11)5-3-2-4-6-9;/h7-8H,1-6H2;. The summed E-state index contributed by atoms with van der Waals surface area (Å²) in [5.41, 5.74) is 0. The van der Waals surface area contributed by atoms with Crippen molar-refractivity contribution in [1.29, 1.82) is 0 Å². The Bertz CT molecular complexity index is 100. The molecule has 0 amide bonds. The molecule has 0 N–H and O–H groups in total. The third-order valence-corrected chi connectivity index (χ3v) is 2.18. The molecule has 0 nitrogen and oxygen atoms in total. The van der Waals surface area contributed by atoms with Crippen molar-refractivity contribution in [2.75, 3.05) is 6.67 Å². The molecule has 0 saturated carbocycles. The third kappa shape index (κ3) is 5.91. The molecule has 2 atom stereocenters. The number of hydrogen-bond donors (Lipinski definition) is 0. The van der Waals surface area contributed by atoms with Crippen molar-refractivity contribution in [2.24, 2.45) is 0 Å². The first-order valence-electron chi connectivity index (χ1n) is 4.26. The van der Waals surface area contributed by atoms with Crippen molar-refractivity contribution in [3.8, 4) is 0 Å². The molecule has 0 aliphatic heterocycles. The average molecular weight is 194 g/mol. The van der Waals surface area contributed by atoms with Crippen LogP contribution < -0.4 is 0 Å². The Morgan fingerprint density at radius 2 is 1.67 bits per heavy atom. The Morgan fingerprint density at radius 3 is 2.17 bits per heavy atom. The molecule has 2 radical (unpaired) electrons. The van der Waals surface area contributed by atoms with Crippen LogP contribution in [-0.2, 0) is 0 Å². The molecule has 0 saturated heterocycles. The summed E-state index contributed by atoms with van der Waals surface area (Å²) in [7, 11) is 0. The van der Waals surface area contributed by atoms with Crippen LogP contribution in [0, 0.1) is 0 Å². The van der Waals surface area contributed by atoms with Gasteiger partial charge in [0.2, 0.25) is 0 Å². The van der Waals surface area contributed by atoms with Crippen LogP contribution in [0.2, 0.25) is 5.28 Å². The van der Waals surface area contributed by atoms with Gasteiger partial charge in [0, 0.05) is 0 Å². The van der Waals surface area contributed by atoms with E-state index >= 15 is 0 Å². The highest BCUT2D eigenvalue weighted by Crippen LogP contribution is 2.14. The first-order chi connectivity index (χ1) is 5.72. The molecular formula is C8H14AlF3. The van der Waals surface area contributed by atoms with Crippen LogP contribution in [0.5, 0.6) is 0 Å². The Hall–Kier alpha value is 0.322. The summed E-state index contributed by atoms with van der Waals surface area (Å²) in [5.74, 6) is 0. The number of alkyl halides is 3. The van der Waals surface area contributed by atoms with Crippen molar-refractivity contribution >= 4 is 16.3 Å². The zero-order valence-corrected chi connectivity index (χ0v) is 8.26. The number of halogens is 3. The van der Waals surface area contributed by atoms with E-state index in [0.717, 1.165) is 0 Å². The largest absolute Gasteiger partial charge is 0.251 e. The predicted octanol–water partition coefficient (Wildman–Crippen LogP) is 2.78. The maximum Gasteiger partial charge on any atom is 0.130 e. The van der Waals surface area contributed by atoms with E-state index in [0.29, 0.717) is 19.3 Å². The van der Waals surface area contributed by atoms with E-state index in [1.54, 1.807) is 0 Å². The molecule has 0 bridgehead atoms. The van der Waals surface area contributed by atoms with Gasteiger partial charge in [0.1, 0.15) is 28.6 Å². The fraction of sp³-hybridized carbons (Fsp3) is 1.00. The second kappa shape index (κ2) is 7.95. The highest BCUT2D eigenvalue weighted by Gasteiger charge is 2.16. The van der Waals surface area contributed by atoms with Gasteiger partial charge in [-0.1, -0.05) is 18.1 Å². The van der Waals surface area contributed by atoms with Gasteiger partial charge in [0.15, 0.2) is 0 Å². The maximum absolute atomic E-state index is 12.7. The fourth-order valence-corrected chi connectivity index (χ4v) is 1.23. The molecule has 0 fully saturated rings. The minimum absolute atomic E-state index is 0.143. The molecule has 0 aromatic heterocycles. The highest BCUT2D eigenvalue weighted by molar-refractivity contribution is 6.08. The van der Waals surface area contributed by atoms with E-state index in [1.165, 1.54) is 0 Å². The Labute approximate surface area is 80.0 Å². The van der Waals surface area contributed by atoms with E-state index in [-0.39, 0.29) is 18.4 Å². The quantitative estimate of drug-likeness (QED) is 0.432. The second-order valence-corrected chi connectivity index (χ2v) is 3.28. The molecule has 12 heavy (non-hydrogen) atoms. The van der Waals surface area contributed by atoms with E-state index in [4.69, 9.17) is 0 Å². The van der Waals surface area contributed by atoms with Crippen LogP contribution in [0.3, 0.4) is 0 Å². The molecule has 0 aliphatic rings. The van der Waals surface area contributed by atoms with Crippen molar-refractivity contribution < 1.29 is 13.2 Å².